The third-order valence-electron chi connectivity index (χ3n) is 5.87. The predicted molar refractivity (Wildman–Crippen MR) is 125 cm³/mol. The lowest BCUT2D eigenvalue weighted by molar-refractivity contribution is -0.133. The van der Waals surface area contributed by atoms with Gasteiger partial charge < -0.3 is 27.0 Å². The zero-order valence-electron chi connectivity index (χ0n) is 18.0. The second-order valence-corrected chi connectivity index (χ2v) is 8.08. The number of benzene rings is 2. The van der Waals surface area contributed by atoms with E-state index in [9.17, 15) is 4.79 Å². The van der Waals surface area contributed by atoms with Crippen molar-refractivity contribution in [3.63, 3.8) is 0 Å². The molecular weight excluding hydrogens is 388 g/mol. The fraction of sp³-hybridized carbons (Fsp3) is 0.417. The Kier molecular flexibility index (Phi) is 8.44. The van der Waals surface area contributed by atoms with Gasteiger partial charge in [-0.3, -0.25) is 10.2 Å². The van der Waals surface area contributed by atoms with Crippen molar-refractivity contribution in [3.05, 3.63) is 71.8 Å². The normalized spacial score (nSPS) is 19.3. The molecule has 0 aliphatic carbocycles. The predicted octanol–water partition coefficient (Wildman–Crippen LogP) is 1.60. The summed E-state index contributed by atoms with van der Waals surface area (Å²) in [6, 6.07) is 20.6. The zero-order valence-corrected chi connectivity index (χ0v) is 18.0. The van der Waals surface area contributed by atoms with Crippen LogP contribution in [0.15, 0.2) is 60.7 Å². The summed E-state index contributed by atoms with van der Waals surface area (Å²) in [5, 5.41) is 13.6. The van der Waals surface area contributed by atoms with Crippen LogP contribution in [0.2, 0.25) is 0 Å². The van der Waals surface area contributed by atoms with Crippen molar-refractivity contribution in [2.24, 2.45) is 11.5 Å². The second kappa shape index (κ2) is 11.5. The Hall–Kier alpha value is -2.90. The molecule has 0 spiro atoms. The van der Waals surface area contributed by atoms with Crippen LogP contribution in [0.3, 0.4) is 0 Å². The van der Waals surface area contributed by atoms with Crippen molar-refractivity contribution in [1.29, 1.82) is 5.41 Å². The van der Waals surface area contributed by atoms with Gasteiger partial charge in [0.25, 0.3) is 0 Å². The molecule has 7 nitrogen and oxygen atoms in total. The maximum absolute atomic E-state index is 13.5. The van der Waals surface area contributed by atoms with E-state index in [2.05, 4.69) is 34.9 Å². The smallest absolute Gasteiger partial charge is 0.239 e. The fourth-order valence-electron chi connectivity index (χ4n) is 4.18. The largest absolute Gasteiger partial charge is 0.370 e. The van der Waals surface area contributed by atoms with E-state index < -0.39 is 0 Å². The highest BCUT2D eigenvalue weighted by molar-refractivity contribution is 5.82. The van der Waals surface area contributed by atoms with Crippen molar-refractivity contribution in [3.8, 4) is 0 Å². The number of rotatable bonds is 9. The summed E-state index contributed by atoms with van der Waals surface area (Å²) in [5.41, 5.74) is 13.7. The van der Waals surface area contributed by atoms with Crippen molar-refractivity contribution in [2.75, 3.05) is 26.2 Å². The molecule has 0 radical (unpaired) electrons. The standard InChI is InChI=1S/C24H34N6O/c25-16-20-13-15-30(23(31)22(29-20)12-7-14-28-24(26)27)17-21(18-8-3-1-4-9-18)19-10-5-2-6-11-19/h1-6,8-11,20-22,29H,7,12-17,25H2,(H4,26,27,28)/t20-,22+/m0/s1. The van der Waals surface area contributed by atoms with Crippen molar-refractivity contribution in [1.82, 2.24) is 15.5 Å². The molecule has 2 aromatic rings. The van der Waals surface area contributed by atoms with Gasteiger partial charge in [0.2, 0.25) is 5.91 Å². The highest BCUT2D eigenvalue weighted by Gasteiger charge is 2.31. The van der Waals surface area contributed by atoms with Crippen LogP contribution in [-0.4, -0.2) is 55.0 Å². The molecule has 1 aliphatic rings. The molecule has 2 atom stereocenters. The van der Waals surface area contributed by atoms with Gasteiger partial charge in [0, 0.05) is 38.1 Å². The Morgan fingerprint density at radius 2 is 1.74 bits per heavy atom. The zero-order chi connectivity index (χ0) is 22.1. The highest BCUT2D eigenvalue weighted by atomic mass is 16.2. The molecule has 166 valence electrons. The Labute approximate surface area is 184 Å². The van der Waals surface area contributed by atoms with E-state index in [-0.39, 0.29) is 29.9 Å². The number of nitrogens with one attached hydrogen (secondary N) is 3. The summed E-state index contributed by atoms with van der Waals surface area (Å²) in [4.78, 5) is 15.5. The molecule has 2 aromatic carbocycles. The number of hydrogen-bond donors (Lipinski definition) is 5. The number of nitrogens with zero attached hydrogens (tertiary/aromatic N) is 1. The Morgan fingerprint density at radius 1 is 1.13 bits per heavy atom. The van der Waals surface area contributed by atoms with Gasteiger partial charge in [-0.2, -0.15) is 0 Å². The van der Waals surface area contributed by atoms with Gasteiger partial charge in [-0.25, -0.2) is 0 Å². The van der Waals surface area contributed by atoms with Crippen LogP contribution in [0.25, 0.3) is 0 Å². The number of guanidine groups is 1. The molecular formula is C24H34N6O. The molecule has 1 saturated heterocycles. The van der Waals surface area contributed by atoms with Crippen molar-refractivity contribution >= 4 is 11.9 Å². The maximum atomic E-state index is 13.5. The van der Waals surface area contributed by atoms with E-state index in [4.69, 9.17) is 16.9 Å². The molecule has 0 saturated carbocycles. The molecule has 31 heavy (non-hydrogen) atoms. The SMILES string of the molecule is N=C(N)NCCC[C@H]1N[C@H](CN)CCN(CC(c2ccccc2)c2ccccc2)C1=O. The number of hydrogen-bond acceptors (Lipinski definition) is 4. The molecule has 0 bridgehead atoms. The first kappa shape index (κ1) is 22.8. The molecule has 7 N–H and O–H groups in total. The number of carbonyl (C=O) groups excluding carboxylic acids is 1. The van der Waals surface area contributed by atoms with Gasteiger partial charge in [-0.1, -0.05) is 60.7 Å². The van der Waals surface area contributed by atoms with Crippen molar-refractivity contribution < 1.29 is 4.79 Å². The van der Waals surface area contributed by atoms with E-state index >= 15 is 0 Å². The Morgan fingerprint density at radius 3 is 2.29 bits per heavy atom. The van der Waals surface area contributed by atoms with Gasteiger partial charge in [-0.05, 0) is 30.4 Å². The van der Waals surface area contributed by atoms with Gasteiger partial charge in [0.05, 0.1) is 6.04 Å². The minimum atomic E-state index is -0.281. The first-order valence-corrected chi connectivity index (χ1v) is 11.0. The van der Waals surface area contributed by atoms with Gasteiger partial charge in [0.1, 0.15) is 0 Å². The minimum absolute atomic E-state index is 0.0461. The molecule has 1 fully saturated rings. The molecule has 0 unspecified atom stereocenters. The van der Waals surface area contributed by atoms with Crippen LogP contribution in [0, 0.1) is 5.41 Å². The van der Waals surface area contributed by atoms with E-state index in [1.54, 1.807) is 0 Å². The highest BCUT2D eigenvalue weighted by Crippen LogP contribution is 2.27. The first-order valence-electron chi connectivity index (χ1n) is 11.0. The van der Waals surface area contributed by atoms with Gasteiger partial charge >= 0.3 is 0 Å². The van der Waals surface area contributed by atoms with Gasteiger partial charge in [0.15, 0.2) is 5.96 Å². The maximum Gasteiger partial charge on any atom is 0.239 e. The van der Waals surface area contributed by atoms with Crippen LogP contribution >= 0.6 is 0 Å². The quantitative estimate of drug-likeness (QED) is 0.239. The summed E-state index contributed by atoms with van der Waals surface area (Å²) in [7, 11) is 0. The minimum Gasteiger partial charge on any atom is -0.370 e. The lowest BCUT2D eigenvalue weighted by Gasteiger charge is -2.29. The molecule has 1 amide bonds. The van der Waals surface area contributed by atoms with Gasteiger partial charge in [-0.15, -0.1) is 0 Å². The number of nitrogens with two attached hydrogens (primary N) is 2. The first-order chi connectivity index (χ1) is 15.1. The average molecular weight is 423 g/mol. The van der Waals surface area contributed by atoms with E-state index in [0.29, 0.717) is 32.6 Å². The third kappa shape index (κ3) is 6.54. The molecule has 0 aromatic heterocycles. The summed E-state index contributed by atoms with van der Waals surface area (Å²) >= 11 is 0. The summed E-state index contributed by atoms with van der Waals surface area (Å²) in [6.45, 7) is 2.40. The van der Waals surface area contributed by atoms with E-state index in [0.717, 1.165) is 12.8 Å². The Balaban J connectivity index is 1.77. The van der Waals surface area contributed by atoms with Crippen LogP contribution in [0.4, 0.5) is 0 Å². The lowest BCUT2D eigenvalue weighted by atomic mass is 9.90. The lowest BCUT2D eigenvalue weighted by Crippen LogP contribution is -2.48. The summed E-state index contributed by atoms with van der Waals surface area (Å²) in [5.74, 6) is 0.187. The molecule has 1 aliphatic heterocycles. The van der Waals surface area contributed by atoms with Crippen LogP contribution < -0.4 is 22.1 Å². The van der Waals surface area contributed by atoms with E-state index in [1.165, 1.54) is 11.1 Å². The van der Waals surface area contributed by atoms with Crippen LogP contribution in [0.5, 0.6) is 0 Å². The van der Waals surface area contributed by atoms with E-state index in [1.807, 2.05) is 41.3 Å². The second-order valence-electron chi connectivity index (χ2n) is 8.08. The topological polar surface area (TPSA) is 120 Å². The summed E-state index contributed by atoms with van der Waals surface area (Å²) < 4.78 is 0. The number of carbonyl (C=O) groups is 1. The fourth-order valence-corrected chi connectivity index (χ4v) is 4.18. The average Bonchev–Trinajstić information content (AvgIpc) is 2.94. The Bertz CT molecular complexity index is 789. The van der Waals surface area contributed by atoms with Crippen LogP contribution in [-0.2, 0) is 4.79 Å². The molecule has 1 heterocycles. The van der Waals surface area contributed by atoms with Crippen LogP contribution in [0.1, 0.15) is 36.3 Å². The van der Waals surface area contributed by atoms with Crippen molar-refractivity contribution in [2.45, 2.75) is 37.3 Å². The monoisotopic (exact) mass is 422 g/mol. The molecule has 3 rings (SSSR count). The summed E-state index contributed by atoms with van der Waals surface area (Å²) in [6.07, 6.45) is 2.25. The third-order valence-corrected chi connectivity index (χ3v) is 5.87. The molecule has 7 heteroatoms. The number of amides is 1.